The number of nitrogens with zero attached hydrogens (tertiary/aromatic N) is 2. The Bertz CT molecular complexity index is 1270. The summed E-state index contributed by atoms with van der Waals surface area (Å²) in [5, 5.41) is 0. The van der Waals surface area contributed by atoms with Crippen molar-refractivity contribution in [1.82, 2.24) is 0 Å². The van der Waals surface area contributed by atoms with Gasteiger partial charge in [0.25, 0.3) is 0 Å². The Labute approximate surface area is 215 Å². The molecule has 0 saturated carbocycles. The summed E-state index contributed by atoms with van der Waals surface area (Å²) in [7, 11) is 0. The second-order valence-electron chi connectivity index (χ2n) is 8.90. The fraction of sp³-hybridized carbons (Fsp3) is 0.118. The zero-order valence-corrected chi connectivity index (χ0v) is 21.0. The maximum absolute atomic E-state index is 2.33. The smallest absolute Gasteiger partial charge is 0.0463 e. The largest absolute Gasteiger partial charge is 0.311 e. The fourth-order valence-corrected chi connectivity index (χ4v) is 4.56. The number of anilines is 6. The van der Waals surface area contributed by atoms with Gasteiger partial charge in [-0.25, -0.2) is 0 Å². The third-order valence-corrected chi connectivity index (χ3v) is 6.60. The van der Waals surface area contributed by atoms with Gasteiger partial charge in [0.2, 0.25) is 0 Å². The Balaban J connectivity index is 1.56. The molecule has 0 amide bonds. The zero-order chi connectivity index (χ0) is 24.7. The van der Waals surface area contributed by atoms with Crippen molar-refractivity contribution in [3.63, 3.8) is 0 Å². The van der Waals surface area contributed by atoms with Crippen molar-refractivity contribution in [3.8, 4) is 0 Å². The fourth-order valence-electron chi connectivity index (χ4n) is 4.56. The predicted octanol–water partition coefficient (Wildman–Crippen LogP) is 9.75. The molecule has 5 aromatic carbocycles. The van der Waals surface area contributed by atoms with Gasteiger partial charge in [-0.15, -0.1) is 0 Å². The lowest BCUT2D eigenvalue weighted by Crippen LogP contribution is -2.12. The minimum absolute atomic E-state index is 1.04. The lowest BCUT2D eigenvalue weighted by molar-refractivity contribution is 1.13. The van der Waals surface area contributed by atoms with Gasteiger partial charge < -0.3 is 9.80 Å². The molecule has 0 aliphatic carbocycles. The second kappa shape index (κ2) is 11.0. The van der Waals surface area contributed by atoms with E-state index in [2.05, 4.69) is 157 Å². The van der Waals surface area contributed by atoms with E-state index in [-0.39, 0.29) is 0 Å². The van der Waals surface area contributed by atoms with Gasteiger partial charge in [-0.2, -0.15) is 0 Å². The van der Waals surface area contributed by atoms with E-state index >= 15 is 0 Å². The van der Waals surface area contributed by atoms with Crippen LogP contribution in [0.15, 0.2) is 133 Å². The number of hydrogen-bond acceptors (Lipinski definition) is 2. The van der Waals surface area contributed by atoms with Crippen LogP contribution in [0.25, 0.3) is 0 Å². The van der Waals surface area contributed by atoms with E-state index in [1.54, 1.807) is 0 Å². The molecule has 2 nitrogen and oxygen atoms in total. The van der Waals surface area contributed by atoms with Gasteiger partial charge in [-0.3, -0.25) is 0 Å². The first-order chi connectivity index (χ1) is 17.8. The molecule has 0 bridgehead atoms. The van der Waals surface area contributed by atoms with Crippen molar-refractivity contribution in [3.05, 3.63) is 145 Å². The van der Waals surface area contributed by atoms with Crippen LogP contribution in [0, 0.1) is 0 Å². The molecular weight excluding hydrogens is 436 g/mol. The third kappa shape index (κ3) is 5.04. The molecule has 0 heterocycles. The average Bonchev–Trinajstić information content (AvgIpc) is 2.96. The molecule has 0 fully saturated rings. The van der Waals surface area contributed by atoms with Gasteiger partial charge >= 0.3 is 0 Å². The lowest BCUT2D eigenvalue weighted by Gasteiger charge is -2.28. The first-order valence-electron chi connectivity index (χ1n) is 12.7. The molecular formula is C34H32N2. The molecule has 36 heavy (non-hydrogen) atoms. The van der Waals surface area contributed by atoms with Gasteiger partial charge in [0, 0.05) is 34.1 Å². The second-order valence-corrected chi connectivity index (χ2v) is 8.90. The van der Waals surface area contributed by atoms with Gasteiger partial charge in [-0.05, 0) is 96.8 Å². The topological polar surface area (TPSA) is 6.48 Å². The van der Waals surface area contributed by atoms with Crippen molar-refractivity contribution in [2.75, 3.05) is 9.80 Å². The summed E-state index contributed by atoms with van der Waals surface area (Å²) in [5.41, 5.74) is 9.54. The van der Waals surface area contributed by atoms with Crippen LogP contribution in [0.4, 0.5) is 34.1 Å². The van der Waals surface area contributed by atoms with Crippen LogP contribution < -0.4 is 9.80 Å². The maximum atomic E-state index is 2.33. The number of rotatable bonds is 8. The van der Waals surface area contributed by atoms with Crippen LogP contribution in [0.3, 0.4) is 0 Å². The molecule has 0 unspecified atom stereocenters. The Hall–Kier alpha value is -4.30. The monoisotopic (exact) mass is 468 g/mol. The van der Waals surface area contributed by atoms with E-state index < -0.39 is 0 Å². The highest BCUT2D eigenvalue weighted by Crippen LogP contribution is 2.38. The Morgan fingerprint density at radius 2 is 0.583 bits per heavy atom. The molecule has 0 aromatic heterocycles. The van der Waals surface area contributed by atoms with Gasteiger partial charge in [0.1, 0.15) is 0 Å². The van der Waals surface area contributed by atoms with Crippen LogP contribution in [0.2, 0.25) is 0 Å². The molecule has 0 aliphatic rings. The Morgan fingerprint density at radius 1 is 0.333 bits per heavy atom. The molecule has 0 saturated heterocycles. The molecule has 5 rings (SSSR count). The van der Waals surface area contributed by atoms with E-state index in [0.717, 1.165) is 47.0 Å². The highest BCUT2D eigenvalue weighted by atomic mass is 15.2. The zero-order valence-electron chi connectivity index (χ0n) is 21.0. The van der Waals surface area contributed by atoms with Crippen molar-refractivity contribution in [1.29, 1.82) is 0 Å². The summed E-state index contributed by atoms with van der Waals surface area (Å²) in [6, 6.07) is 47.7. The standard InChI is InChI=1S/C34H32N2/c1-3-27-15-19-31(20-16-27)36(32-21-17-28(4-2)18-22-32)34-25-23-33(24-26-34)35(29-11-7-5-8-12-29)30-13-9-6-10-14-30/h5-26H,3-4H2,1-2H3. The number of benzene rings is 5. The molecule has 0 spiro atoms. The van der Waals surface area contributed by atoms with E-state index in [1.165, 1.54) is 11.1 Å². The van der Waals surface area contributed by atoms with Crippen molar-refractivity contribution in [2.45, 2.75) is 26.7 Å². The molecule has 0 aliphatic heterocycles. The minimum Gasteiger partial charge on any atom is -0.311 e. The summed E-state index contributed by atoms with van der Waals surface area (Å²) < 4.78 is 0. The molecule has 178 valence electrons. The van der Waals surface area contributed by atoms with Crippen LogP contribution in [0.5, 0.6) is 0 Å². The molecule has 0 atom stereocenters. The molecule has 5 aromatic rings. The van der Waals surface area contributed by atoms with Crippen LogP contribution in [-0.4, -0.2) is 0 Å². The third-order valence-electron chi connectivity index (χ3n) is 6.60. The lowest BCUT2D eigenvalue weighted by atomic mass is 10.1. The molecule has 0 N–H and O–H groups in total. The van der Waals surface area contributed by atoms with Gasteiger partial charge in [0.05, 0.1) is 0 Å². The number of hydrogen-bond donors (Lipinski definition) is 0. The highest BCUT2D eigenvalue weighted by Gasteiger charge is 2.15. The summed E-state index contributed by atoms with van der Waals surface area (Å²) in [5.74, 6) is 0. The summed E-state index contributed by atoms with van der Waals surface area (Å²) in [6.07, 6.45) is 2.07. The summed E-state index contributed by atoms with van der Waals surface area (Å²) >= 11 is 0. The first-order valence-corrected chi connectivity index (χ1v) is 12.7. The van der Waals surface area contributed by atoms with Crippen molar-refractivity contribution >= 4 is 34.1 Å². The Morgan fingerprint density at radius 3 is 0.861 bits per heavy atom. The summed E-state index contributed by atoms with van der Waals surface area (Å²) in [4.78, 5) is 4.62. The highest BCUT2D eigenvalue weighted by molar-refractivity contribution is 5.81. The normalized spacial score (nSPS) is 10.7. The van der Waals surface area contributed by atoms with Crippen molar-refractivity contribution < 1.29 is 0 Å². The van der Waals surface area contributed by atoms with Crippen LogP contribution in [0.1, 0.15) is 25.0 Å². The average molecular weight is 469 g/mol. The van der Waals surface area contributed by atoms with E-state index in [1.807, 2.05) is 0 Å². The van der Waals surface area contributed by atoms with Gasteiger partial charge in [0.15, 0.2) is 0 Å². The maximum Gasteiger partial charge on any atom is 0.0463 e. The number of para-hydroxylation sites is 2. The first kappa shape index (κ1) is 23.4. The van der Waals surface area contributed by atoms with E-state index in [0.29, 0.717) is 0 Å². The molecule has 2 heteroatoms. The molecule has 0 radical (unpaired) electrons. The Kier molecular flexibility index (Phi) is 7.14. The van der Waals surface area contributed by atoms with Crippen molar-refractivity contribution in [2.24, 2.45) is 0 Å². The van der Waals surface area contributed by atoms with Crippen LogP contribution >= 0.6 is 0 Å². The SMILES string of the molecule is CCc1ccc(N(c2ccc(CC)cc2)c2ccc(N(c3ccccc3)c3ccccc3)cc2)cc1. The van der Waals surface area contributed by atoms with E-state index in [4.69, 9.17) is 0 Å². The summed E-state index contributed by atoms with van der Waals surface area (Å²) in [6.45, 7) is 4.39. The quantitative estimate of drug-likeness (QED) is 0.224. The minimum atomic E-state index is 1.04. The van der Waals surface area contributed by atoms with Gasteiger partial charge in [-0.1, -0.05) is 74.5 Å². The van der Waals surface area contributed by atoms with E-state index in [9.17, 15) is 0 Å². The predicted molar refractivity (Wildman–Crippen MR) is 155 cm³/mol. The van der Waals surface area contributed by atoms with Crippen LogP contribution in [-0.2, 0) is 12.8 Å². The number of aryl methyl sites for hydroxylation is 2.